The zero-order valence-corrected chi connectivity index (χ0v) is 7.08. The van der Waals surface area contributed by atoms with Crippen LogP contribution in [-0.4, -0.2) is 18.1 Å². The molecule has 4 nitrogen and oxygen atoms in total. The van der Waals surface area contributed by atoms with Gasteiger partial charge in [0, 0.05) is 6.54 Å². The molecule has 0 aliphatic rings. The van der Waals surface area contributed by atoms with Crippen LogP contribution in [0.3, 0.4) is 0 Å². The number of methoxy groups -OCH3 is 1. The third-order valence-corrected chi connectivity index (χ3v) is 1.53. The predicted octanol–water partition coefficient (Wildman–Crippen LogP) is 0.466. The smallest absolute Gasteiger partial charge is 0.340 e. The number of nitrogens with two attached hydrogens (primary N) is 1. The highest BCUT2D eigenvalue weighted by Crippen LogP contribution is 2.08. The van der Waals surface area contributed by atoms with E-state index in [2.05, 4.69) is 9.72 Å². The van der Waals surface area contributed by atoms with E-state index in [0.29, 0.717) is 5.69 Å². The number of aromatic nitrogens is 1. The van der Waals surface area contributed by atoms with E-state index in [-0.39, 0.29) is 12.1 Å². The summed E-state index contributed by atoms with van der Waals surface area (Å²) in [6.07, 6.45) is 0.953. The second-order valence-corrected chi connectivity index (χ2v) is 2.35. The Hall–Kier alpha value is -1.49. The van der Waals surface area contributed by atoms with Gasteiger partial charge < -0.3 is 10.5 Å². The number of hydrogen-bond donors (Lipinski definition) is 1. The molecule has 0 unspecified atom stereocenters. The summed E-state index contributed by atoms with van der Waals surface area (Å²) in [7, 11) is 1.18. The van der Waals surface area contributed by atoms with Crippen molar-refractivity contribution >= 4 is 5.97 Å². The number of ether oxygens (including phenoxy) is 1. The number of hydrogen-bond acceptors (Lipinski definition) is 4. The monoisotopic (exact) mass is 184 g/mol. The van der Waals surface area contributed by atoms with Gasteiger partial charge in [0.15, 0.2) is 5.82 Å². The first-order chi connectivity index (χ1) is 6.19. The van der Waals surface area contributed by atoms with Crippen LogP contribution in [0.25, 0.3) is 0 Å². The van der Waals surface area contributed by atoms with Gasteiger partial charge in [-0.1, -0.05) is 0 Å². The maximum Gasteiger partial charge on any atom is 0.340 e. The first kappa shape index (κ1) is 9.60. The second-order valence-electron chi connectivity index (χ2n) is 2.35. The minimum absolute atomic E-state index is 0.141. The van der Waals surface area contributed by atoms with Crippen LogP contribution in [0.2, 0.25) is 0 Å². The summed E-state index contributed by atoms with van der Waals surface area (Å²) in [5.41, 5.74) is 5.58. The van der Waals surface area contributed by atoms with Crippen molar-refractivity contribution in [3.05, 3.63) is 29.3 Å². The van der Waals surface area contributed by atoms with Gasteiger partial charge in [-0.3, -0.25) is 4.98 Å². The third kappa shape index (κ3) is 2.00. The second kappa shape index (κ2) is 3.95. The highest BCUT2D eigenvalue weighted by molar-refractivity contribution is 5.89. The molecule has 0 spiro atoms. The Morgan fingerprint density at radius 1 is 1.77 bits per heavy atom. The molecule has 0 saturated carbocycles. The SMILES string of the molecule is COC(=O)c1cc(CN)ncc1F. The van der Waals surface area contributed by atoms with Gasteiger partial charge in [0.2, 0.25) is 0 Å². The van der Waals surface area contributed by atoms with Gasteiger partial charge in [0.05, 0.1) is 24.6 Å². The van der Waals surface area contributed by atoms with E-state index >= 15 is 0 Å². The molecule has 2 N–H and O–H groups in total. The van der Waals surface area contributed by atoms with Crippen LogP contribution in [0.1, 0.15) is 16.1 Å². The lowest BCUT2D eigenvalue weighted by Crippen LogP contribution is -2.08. The van der Waals surface area contributed by atoms with Crippen LogP contribution < -0.4 is 5.73 Å². The fourth-order valence-electron chi connectivity index (χ4n) is 0.860. The Labute approximate surface area is 74.5 Å². The Morgan fingerprint density at radius 2 is 2.46 bits per heavy atom. The van der Waals surface area contributed by atoms with Gasteiger partial charge in [-0.15, -0.1) is 0 Å². The number of rotatable bonds is 2. The standard InChI is InChI=1S/C8H9FN2O2/c1-13-8(12)6-2-5(3-10)11-4-7(6)9/h2,4H,3,10H2,1H3. The van der Waals surface area contributed by atoms with Gasteiger partial charge in [-0.25, -0.2) is 9.18 Å². The molecule has 1 aromatic heterocycles. The summed E-state index contributed by atoms with van der Waals surface area (Å²) >= 11 is 0. The maximum absolute atomic E-state index is 12.9. The van der Waals surface area contributed by atoms with Gasteiger partial charge in [-0.2, -0.15) is 0 Å². The van der Waals surface area contributed by atoms with E-state index < -0.39 is 11.8 Å². The lowest BCUT2D eigenvalue weighted by molar-refractivity contribution is 0.0595. The molecular weight excluding hydrogens is 175 g/mol. The van der Waals surface area contributed by atoms with Crippen LogP contribution in [-0.2, 0) is 11.3 Å². The molecule has 0 aromatic carbocycles. The van der Waals surface area contributed by atoms with Crippen LogP contribution in [0, 0.1) is 5.82 Å². The first-order valence-corrected chi connectivity index (χ1v) is 3.62. The molecule has 0 saturated heterocycles. The normalized spacial score (nSPS) is 9.77. The van der Waals surface area contributed by atoms with Crippen molar-refractivity contribution in [2.75, 3.05) is 7.11 Å². The molecule has 0 atom stereocenters. The molecule has 0 bridgehead atoms. The minimum atomic E-state index is -0.727. The molecule has 1 aromatic rings. The van der Waals surface area contributed by atoms with Crippen molar-refractivity contribution in [2.24, 2.45) is 5.73 Å². The number of nitrogens with zero attached hydrogens (tertiary/aromatic N) is 1. The lowest BCUT2D eigenvalue weighted by atomic mass is 10.2. The highest BCUT2D eigenvalue weighted by atomic mass is 19.1. The number of carbonyl (C=O) groups excluding carboxylic acids is 1. The van der Waals surface area contributed by atoms with Gasteiger partial charge in [-0.05, 0) is 6.07 Å². The minimum Gasteiger partial charge on any atom is -0.465 e. The predicted molar refractivity (Wildman–Crippen MR) is 43.4 cm³/mol. The fourth-order valence-corrected chi connectivity index (χ4v) is 0.860. The molecule has 5 heteroatoms. The topological polar surface area (TPSA) is 65.2 Å². The van der Waals surface area contributed by atoms with E-state index in [1.165, 1.54) is 13.2 Å². The summed E-state index contributed by atoms with van der Waals surface area (Å²) in [5.74, 6) is -1.43. The van der Waals surface area contributed by atoms with Gasteiger partial charge in [0.25, 0.3) is 0 Å². The molecule has 1 heterocycles. The molecule has 0 fully saturated rings. The fraction of sp³-hybridized carbons (Fsp3) is 0.250. The molecule has 70 valence electrons. The van der Waals surface area contributed by atoms with E-state index in [1.807, 2.05) is 0 Å². The zero-order chi connectivity index (χ0) is 9.84. The molecule has 0 amide bonds. The largest absolute Gasteiger partial charge is 0.465 e. The molecule has 1 rings (SSSR count). The van der Waals surface area contributed by atoms with Crippen molar-refractivity contribution < 1.29 is 13.9 Å². The number of esters is 1. The van der Waals surface area contributed by atoms with Crippen molar-refractivity contribution in [1.82, 2.24) is 4.98 Å². The van der Waals surface area contributed by atoms with E-state index in [1.54, 1.807) is 0 Å². The summed E-state index contributed by atoms with van der Waals surface area (Å²) in [5, 5.41) is 0. The Kier molecular flexibility index (Phi) is 2.92. The number of carbonyl (C=O) groups is 1. The van der Waals surface area contributed by atoms with Crippen molar-refractivity contribution in [1.29, 1.82) is 0 Å². The van der Waals surface area contributed by atoms with Crippen LogP contribution >= 0.6 is 0 Å². The number of halogens is 1. The maximum atomic E-state index is 12.9. The van der Waals surface area contributed by atoms with E-state index in [0.717, 1.165) is 6.20 Å². The average molecular weight is 184 g/mol. The van der Waals surface area contributed by atoms with Crippen molar-refractivity contribution in [3.63, 3.8) is 0 Å². The van der Waals surface area contributed by atoms with Crippen LogP contribution in [0.15, 0.2) is 12.3 Å². The first-order valence-electron chi connectivity index (χ1n) is 3.62. The van der Waals surface area contributed by atoms with Crippen molar-refractivity contribution in [3.8, 4) is 0 Å². The summed E-state index contributed by atoms with van der Waals surface area (Å²) in [6, 6.07) is 1.28. The Balaban J connectivity index is 3.11. The number of pyridine rings is 1. The molecule has 0 aliphatic carbocycles. The van der Waals surface area contributed by atoms with Crippen molar-refractivity contribution in [2.45, 2.75) is 6.54 Å². The van der Waals surface area contributed by atoms with Gasteiger partial charge >= 0.3 is 5.97 Å². The van der Waals surface area contributed by atoms with E-state index in [9.17, 15) is 9.18 Å². The van der Waals surface area contributed by atoms with Crippen LogP contribution in [0.4, 0.5) is 4.39 Å². The van der Waals surface area contributed by atoms with Gasteiger partial charge in [0.1, 0.15) is 0 Å². The molecular formula is C8H9FN2O2. The summed E-state index contributed by atoms with van der Waals surface area (Å²) < 4.78 is 17.3. The Bertz CT molecular complexity index is 328. The zero-order valence-electron chi connectivity index (χ0n) is 7.08. The summed E-state index contributed by atoms with van der Waals surface area (Å²) in [4.78, 5) is 14.6. The molecule has 13 heavy (non-hydrogen) atoms. The highest BCUT2D eigenvalue weighted by Gasteiger charge is 2.12. The van der Waals surface area contributed by atoms with Crippen LogP contribution in [0.5, 0.6) is 0 Å². The average Bonchev–Trinajstić information content (AvgIpc) is 2.17. The lowest BCUT2D eigenvalue weighted by Gasteiger charge is -2.02. The summed E-state index contributed by atoms with van der Waals surface area (Å²) in [6.45, 7) is 0.157. The molecule has 0 radical (unpaired) electrons. The molecule has 0 aliphatic heterocycles. The third-order valence-electron chi connectivity index (χ3n) is 1.53. The van der Waals surface area contributed by atoms with E-state index in [4.69, 9.17) is 5.73 Å². The Morgan fingerprint density at radius 3 is 3.00 bits per heavy atom. The quantitative estimate of drug-likeness (QED) is 0.678.